The number of nitrogens with zero attached hydrogens (tertiary/aromatic N) is 1. The van der Waals surface area contributed by atoms with Crippen molar-refractivity contribution >= 4 is 28.1 Å². The van der Waals surface area contributed by atoms with Gasteiger partial charge in [0, 0.05) is 23.7 Å². The quantitative estimate of drug-likeness (QED) is 0.602. The molecule has 0 aliphatic heterocycles. The Morgan fingerprint density at radius 2 is 2.08 bits per heavy atom. The molecular formula is C21H21FN2O2. The molecule has 0 bridgehead atoms. The Hall–Kier alpha value is -2.95. The van der Waals surface area contributed by atoms with Crippen molar-refractivity contribution in [3.05, 3.63) is 59.5 Å². The van der Waals surface area contributed by atoms with Crippen LogP contribution in [0.15, 0.2) is 42.6 Å². The number of methoxy groups -OCH3 is 1. The van der Waals surface area contributed by atoms with Gasteiger partial charge in [-0.1, -0.05) is 19.1 Å². The number of hydrogen-bond acceptors (Lipinski definition) is 4. The van der Waals surface area contributed by atoms with Crippen LogP contribution in [0.1, 0.15) is 35.7 Å². The molecule has 5 heteroatoms. The molecule has 0 saturated heterocycles. The summed E-state index contributed by atoms with van der Waals surface area (Å²) >= 11 is 0. The Kier molecular flexibility index (Phi) is 5.16. The molecule has 0 saturated carbocycles. The lowest BCUT2D eigenvalue weighted by atomic mass is 10.0. The molecule has 4 nitrogen and oxygen atoms in total. The van der Waals surface area contributed by atoms with Crippen LogP contribution in [0.4, 0.5) is 15.8 Å². The third kappa shape index (κ3) is 3.38. The minimum atomic E-state index is -0.295. The standard InChI is InChI=1S/C21H21FN2O2/c1-4-6-18(25)16-12-23-21-15(7-5-8-19(21)26-3)20(16)24-17-10-9-14(22)11-13(17)2/h5,7-12H,4,6H2,1-3H3,(H,23,24). The highest BCUT2D eigenvalue weighted by atomic mass is 19.1. The second kappa shape index (κ2) is 7.52. The Balaban J connectivity index is 2.21. The van der Waals surface area contributed by atoms with Crippen LogP contribution >= 0.6 is 0 Å². The Morgan fingerprint density at radius 1 is 1.27 bits per heavy atom. The number of nitrogens with one attached hydrogen (secondary N) is 1. The second-order valence-corrected chi connectivity index (χ2v) is 6.16. The van der Waals surface area contributed by atoms with Crippen LogP contribution in [-0.4, -0.2) is 17.9 Å². The molecule has 1 aromatic heterocycles. The zero-order chi connectivity index (χ0) is 18.7. The van der Waals surface area contributed by atoms with Gasteiger partial charge in [-0.15, -0.1) is 0 Å². The number of carbonyl (C=O) groups is 1. The van der Waals surface area contributed by atoms with Gasteiger partial charge in [-0.3, -0.25) is 9.78 Å². The summed E-state index contributed by atoms with van der Waals surface area (Å²) in [5.74, 6) is 0.361. The van der Waals surface area contributed by atoms with Gasteiger partial charge in [0.25, 0.3) is 0 Å². The summed E-state index contributed by atoms with van der Waals surface area (Å²) < 4.78 is 18.8. The van der Waals surface area contributed by atoms with Crippen molar-refractivity contribution in [1.82, 2.24) is 4.98 Å². The normalized spacial score (nSPS) is 10.8. The third-order valence-corrected chi connectivity index (χ3v) is 4.31. The van der Waals surface area contributed by atoms with Gasteiger partial charge < -0.3 is 10.1 Å². The van der Waals surface area contributed by atoms with Crippen molar-refractivity contribution in [1.29, 1.82) is 0 Å². The lowest BCUT2D eigenvalue weighted by Crippen LogP contribution is -2.06. The molecule has 0 aliphatic rings. The number of carbonyl (C=O) groups excluding carboxylic acids is 1. The predicted octanol–water partition coefficient (Wildman–Crippen LogP) is 5.42. The van der Waals surface area contributed by atoms with Crippen molar-refractivity contribution in [2.75, 3.05) is 12.4 Å². The molecule has 0 atom stereocenters. The van der Waals surface area contributed by atoms with Gasteiger partial charge in [0.1, 0.15) is 17.1 Å². The summed E-state index contributed by atoms with van der Waals surface area (Å²) in [7, 11) is 1.59. The second-order valence-electron chi connectivity index (χ2n) is 6.16. The van der Waals surface area contributed by atoms with Crippen LogP contribution in [0.25, 0.3) is 10.9 Å². The topological polar surface area (TPSA) is 51.2 Å². The van der Waals surface area contributed by atoms with Gasteiger partial charge >= 0.3 is 0 Å². The summed E-state index contributed by atoms with van der Waals surface area (Å²) in [5.41, 5.74) is 3.36. The van der Waals surface area contributed by atoms with Gasteiger partial charge in [0.05, 0.1) is 18.4 Å². The van der Waals surface area contributed by atoms with Crippen LogP contribution in [0, 0.1) is 12.7 Å². The summed E-state index contributed by atoms with van der Waals surface area (Å²) in [4.78, 5) is 17.1. The fourth-order valence-corrected chi connectivity index (χ4v) is 2.97. The minimum Gasteiger partial charge on any atom is -0.494 e. The number of aromatic nitrogens is 1. The molecule has 134 valence electrons. The van der Waals surface area contributed by atoms with Crippen molar-refractivity contribution in [2.45, 2.75) is 26.7 Å². The highest BCUT2D eigenvalue weighted by molar-refractivity contribution is 6.09. The molecule has 1 heterocycles. The Bertz CT molecular complexity index is 970. The molecule has 26 heavy (non-hydrogen) atoms. The first-order valence-electron chi connectivity index (χ1n) is 8.57. The molecule has 0 fully saturated rings. The van der Waals surface area contributed by atoms with E-state index in [1.54, 1.807) is 19.4 Å². The van der Waals surface area contributed by atoms with Crippen molar-refractivity contribution in [3.63, 3.8) is 0 Å². The zero-order valence-electron chi connectivity index (χ0n) is 15.1. The maximum Gasteiger partial charge on any atom is 0.166 e. The maximum atomic E-state index is 13.4. The Morgan fingerprint density at radius 3 is 2.77 bits per heavy atom. The van der Waals surface area contributed by atoms with E-state index in [0.717, 1.165) is 23.1 Å². The van der Waals surface area contributed by atoms with Crippen LogP contribution in [0.2, 0.25) is 0 Å². The molecule has 3 rings (SSSR count). The third-order valence-electron chi connectivity index (χ3n) is 4.31. The molecular weight excluding hydrogens is 331 g/mol. The number of hydrogen-bond donors (Lipinski definition) is 1. The molecule has 3 aromatic rings. The number of anilines is 2. The van der Waals surface area contributed by atoms with E-state index in [0.29, 0.717) is 28.9 Å². The smallest absolute Gasteiger partial charge is 0.166 e. The number of benzene rings is 2. The van der Waals surface area contributed by atoms with Crippen LogP contribution in [0.3, 0.4) is 0 Å². The number of aryl methyl sites for hydroxylation is 1. The molecule has 0 radical (unpaired) electrons. The fourth-order valence-electron chi connectivity index (χ4n) is 2.97. The van der Waals surface area contributed by atoms with Gasteiger partial charge in [-0.25, -0.2) is 4.39 Å². The van der Waals surface area contributed by atoms with E-state index >= 15 is 0 Å². The highest BCUT2D eigenvalue weighted by Crippen LogP contribution is 2.34. The number of fused-ring (bicyclic) bond motifs is 1. The first-order chi connectivity index (χ1) is 12.5. The predicted molar refractivity (Wildman–Crippen MR) is 102 cm³/mol. The first-order valence-corrected chi connectivity index (χ1v) is 8.57. The van der Waals surface area contributed by atoms with Gasteiger partial charge in [0.15, 0.2) is 5.78 Å². The summed E-state index contributed by atoms with van der Waals surface area (Å²) in [6.07, 6.45) is 2.78. The average Bonchev–Trinajstić information content (AvgIpc) is 2.63. The van der Waals surface area contributed by atoms with Gasteiger partial charge in [0.2, 0.25) is 0 Å². The average molecular weight is 352 g/mol. The Labute approximate surface area is 152 Å². The van der Waals surface area contributed by atoms with Crippen molar-refractivity contribution < 1.29 is 13.9 Å². The van der Waals surface area contributed by atoms with E-state index in [9.17, 15) is 9.18 Å². The lowest BCUT2D eigenvalue weighted by molar-refractivity contribution is 0.0982. The van der Waals surface area contributed by atoms with Crippen LogP contribution in [0.5, 0.6) is 5.75 Å². The van der Waals surface area contributed by atoms with Crippen molar-refractivity contribution in [2.24, 2.45) is 0 Å². The first kappa shape index (κ1) is 17.9. The van der Waals surface area contributed by atoms with Crippen molar-refractivity contribution in [3.8, 4) is 5.75 Å². The number of rotatable bonds is 6. The number of pyridine rings is 1. The monoisotopic (exact) mass is 352 g/mol. The minimum absolute atomic E-state index is 0.0204. The van der Waals surface area contributed by atoms with E-state index in [4.69, 9.17) is 4.74 Å². The van der Waals surface area contributed by atoms with E-state index in [1.807, 2.05) is 32.0 Å². The highest BCUT2D eigenvalue weighted by Gasteiger charge is 2.17. The van der Waals surface area contributed by atoms with E-state index in [1.165, 1.54) is 12.1 Å². The number of halogens is 1. The zero-order valence-corrected chi connectivity index (χ0v) is 15.1. The largest absolute Gasteiger partial charge is 0.494 e. The molecule has 2 aromatic carbocycles. The molecule has 0 amide bonds. The van der Waals surface area contributed by atoms with Gasteiger partial charge in [-0.2, -0.15) is 0 Å². The fraction of sp³-hybridized carbons (Fsp3) is 0.238. The number of ether oxygens (including phenoxy) is 1. The number of para-hydroxylation sites is 1. The summed E-state index contributed by atoms with van der Waals surface area (Å²) in [6.45, 7) is 3.79. The number of ketones is 1. The summed E-state index contributed by atoms with van der Waals surface area (Å²) in [5, 5.41) is 4.11. The SMILES string of the molecule is CCCC(=O)c1cnc2c(OC)cccc2c1Nc1ccc(F)cc1C. The van der Waals surface area contributed by atoms with Gasteiger partial charge in [-0.05, 0) is 43.2 Å². The molecule has 0 unspecified atom stereocenters. The van der Waals surface area contributed by atoms with E-state index in [2.05, 4.69) is 10.3 Å². The van der Waals surface area contributed by atoms with E-state index in [-0.39, 0.29) is 11.6 Å². The lowest BCUT2D eigenvalue weighted by Gasteiger charge is -2.16. The van der Waals surface area contributed by atoms with Crippen LogP contribution in [-0.2, 0) is 0 Å². The molecule has 0 spiro atoms. The van der Waals surface area contributed by atoms with E-state index < -0.39 is 0 Å². The van der Waals surface area contributed by atoms with Crippen LogP contribution < -0.4 is 10.1 Å². The summed E-state index contributed by atoms with van der Waals surface area (Å²) in [6, 6.07) is 10.1. The molecule has 0 aliphatic carbocycles. The molecule has 1 N–H and O–H groups in total. The number of Topliss-reactive ketones (excluding diaryl/α,β-unsaturated/α-hetero) is 1. The maximum absolute atomic E-state index is 13.4.